The minimum Gasteiger partial charge on any atom is -0.308 e. The lowest BCUT2D eigenvalue weighted by Crippen LogP contribution is -2.19. The van der Waals surface area contributed by atoms with E-state index in [9.17, 15) is 10.1 Å². The molecule has 0 aliphatic rings. The summed E-state index contributed by atoms with van der Waals surface area (Å²) in [6, 6.07) is 5.22. The molecule has 0 bridgehead atoms. The molecule has 0 spiro atoms. The maximum atomic E-state index is 11.0. The SMILES string of the molecule is Cc1c([N+](=O)[O-])ccc2cc(C(C)(C)C)c(NN)nc12. The molecule has 2 rings (SSSR count). The molecule has 1 aromatic carbocycles. The highest BCUT2D eigenvalue weighted by atomic mass is 16.6. The van der Waals surface area contributed by atoms with E-state index in [1.807, 2.05) is 6.07 Å². The highest BCUT2D eigenvalue weighted by Crippen LogP contribution is 2.33. The first-order chi connectivity index (χ1) is 9.25. The first kappa shape index (κ1) is 14.2. The van der Waals surface area contributed by atoms with Gasteiger partial charge in [-0.25, -0.2) is 10.8 Å². The van der Waals surface area contributed by atoms with E-state index in [1.165, 1.54) is 6.07 Å². The van der Waals surface area contributed by atoms with Crippen LogP contribution in [-0.2, 0) is 5.41 Å². The molecule has 20 heavy (non-hydrogen) atoms. The smallest absolute Gasteiger partial charge is 0.274 e. The number of hydrogen-bond donors (Lipinski definition) is 2. The molecule has 0 aliphatic heterocycles. The van der Waals surface area contributed by atoms with Crippen molar-refractivity contribution in [3.63, 3.8) is 0 Å². The van der Waals surface area contributed by atoms with Gasteiger partial charge in [-0.05, 0) is 24.5 Å². The Morgan fingerprint density at radius 3 is 2.50 bits per heavy atom. The lowest BCUT2D eigenvalue weighted by atomic mass is 9.86. The van der Waals surface area contributed by atoms with E-state index in [2.05, 4.69) is 31.2 Å². The Balaban J connectivity index is 2.81. The molecule has 0 atom stereocenters. The van der Waals surface area contributed by atoms with E-state index >= 15 is 0 Å². The molecule has 0 fully saturated rings. The molecule has 0 saturated heterocycles. The number of nitro benzene ring substituents is 1. The van der Waals surface area contributed by atoms with Crippen LogP contribution < -0.4 is 11.3 Å². The summed E-state index contributed by atoms with van der Waals surface area (Å²) in [6.07, 6.45) is 0. The van der Waals surface area contributed by atoms with Crippen LogP contribution >= 0.6 is 0 Å². The van der Waals surface area contributed by atoms with E-state index in [0.29, 0.717) is 16.9 Å². The van der Waals surface area contributed by atoms with Crippen molar-refractivity contribution in [2.45, 2.75) is 33.1 Å². The van der Waals surface area contributed by atoms with Crippen molar-refractivity contribution in [1.29, 1.82) is 0 Å². The number of aryl methyl sites for hydroxylation is 1. The van der Waals surface area contributed by atoms with Gasteiger partial charge in [-0.15, -0.1) is 0 Å². The summed E-state index contributed by atoms with van der Waals surface area (Å²) in [5, 5.41) is 11.9. The summed E-state index contributed by atoms with van der Waals surface area (Å²) in [4.78, 5) is 15.0. The number of benzene rings is 1. The number of hydrogen-bond acceptors (Lipinski definition) is 5. The molecular weight excluding hydrogens is 256 g/mol. The van der Waals surface area contributed by atoms with Crippen molar-refractivity contribution < 1.29 is 4.92 Å². The minimum absolute atomic E-state index is 0.0662. The molecule has 6 nitrogen and oxygen atoms in total. The summed E-state index contributed by atoms with van der Waals surface area (Å²) in [5.74, 6) is 6.09. The van der Waals surface area contributed by atoms with Gasteiger partial charge in [-0.1, -0.05) is 20.8 Å². The summed E-state index contributed by atoms with van der Waals surface area (Å²) in [6.45, 7) is 7.89. The Hall–Kier alpha value is -2.21. The Kier molecular flexibility index (Phi) is 3.35. The molecule has 106 valence electrons. The number of nitrogens with zero attached hydrogens (tertiary/aromatic N) is 2. The number of fused-ring (bicyclic) bond motifs is 1. The lowest BCUT2D eigenvalue weighted by Gasteiger charge is -2.22. The topological polar surface area (TPSA) is 94.1 Å². The van der Waals surface area contributed by atoms with Gasteiger partial charge < -0.3 is 5.43 Å². The molecule has 0 unspecified atom stereocenters. The van der Waals surface area contributed by atoms with Gasteiger partial charge in [0.25, 0.3) is 5.69 Å². The number of nitrogens with two attached hydrogens (primary N) is 1. The Morgan fingerprint density at radius 2 is 2.00 bits per heavy atom. The third kappa shape index (κ3) is 2.30. The third-order valence-corrected chi connectivity index (χ3v) is 3.35. The van der Waals surface area contributed by atoms with Gasteiger partial charge in [0.15, 0.2) is 0 Å². The van der Waals surface area contributed by atoms with Gasteiger partial charge in [0, 0.05) is 17.0 Å². The zero-order chi connectivity index (χ0) is 15.1. The Bertz CT molecular complexity index is 690. The first-order valence-electron chi connectivity index (χ1n) is 6.31. The highest BCUT2D eigenvalue weighted by Gasteiger charge is 2.22. The van der Waals surface area contributed by atoms with Crippen LogP contribution in [0.3, 0.4) is 0 Å². The molecule has 3 N–H and O–H groups in total. The van der Waals surface area contributed by atoms with Crippen molar-refractivity contribution in [1.82, 2.24) is 4.98 Å². The first-order valence-corrected chi connectivity index (χ1v) is 6.31. The number of hydrazine groups is 1. The van der Waals surface area contributed by atoms with Gasteiger partial charge in [0.05, 0.1) is 16.0 Å². The number of anilines is 1. The van der Waals surface area contributed by atoms with Crippen LogP contribution in [0, 0.1) is 17.0 Å². The van der Waals surface area contributed by atoms with Crippen LogP contribution in [0.15, 0.2) is 18.2 Å². The second kappa shape index (κ2) is 4.72. The monoisotopic (exact) mass is 274 g/mol. The van der Waals surface area contributed by atoms with E-state index in [1.54, 1.807) is 13.0 Å². The van der Waals surface area contributed by atoms with Crippen LogP contribution in [0.2, 0.25) is 0 Å². The fourth-order valence-corrected chi connectivity index (χ4v) is 2.25. The summed E-state index contributed by atoms with van der Waals surface area (Å²) in [5.41, 5.74) is 4.65. The van der Waals surface area contributed by atoms with E-state index in [4.69, 9.17) is 5.84 Å². The largest absolute Gasteiger partial charge is 0.308 e. The zero-order valence-electron chi connectivity index (χ0n) is 12.0. The number of nitrogens with one attached hydrogen (secondary N) is 1. The predicted molar refractivity (Wildman–Crippen MR) is 79.6 cm³/mol. The summed E-state index contributed by atoms with van der Waals surface area (Å²) >= 11 is 0. The number of nitrogen functional groups attached to an aromatic ring is 1. The van der Waals surface area contributed by atoms with Crippen LogP contribution in [0.25, 0.3) is 10.9 Å². The van der Waals surface area contributed by atoms with Crippen LogP contribution in [0.5, 0.6) is 0 Å². The fraction of sp³-hybridized carbons (Fsp3) is 0.357. The number of pyridine rings is 1. The van der Waals surface area contributed by atoms with E-state index in [0.717, 1.165) is 10.9 Å². The van der Waals surface area contributed by atoms with Crippen molar-refractivity contribution in [2.24, 2.45) is 5.84 Å². The number of nitro groups is 1. The molecule has 0 radical (unpaired) electrons. The zero-order valence-corrected chi connectivity index (χ0v) is 12.0. The van der Waals surface area contributed by atoms with Crippen molar-refractivity contribution in [3.8, 4) is 0 Å². The Morgan fingerprint density at radius 1 is 1.35 bits per heavy atom. The maximum Gasteiger partial charge on any atom is 0.274 e. The van der Waals surface area contributed by atoms with E-state index < -0.39 is 4.92 Å². The lowest BCUT2D eigenvalue weighted by molar-refractivity contribution is -0.385. The molecule has 2 aromatic rings. The fourth-order valence-electron chi connectivity index (χ4n) is 2.25. The molecule has 0 amide bonds. The van der Waals surface area contributed by atoms with Crippen LogP contribution in [0.1, 0.15) is 31.9 Å². The average molecular weight is 274 g/mol. The van der Waals surface area contributed by atoms with Crippen molar-refractivity contribution in [3.05, 3.63) is 39.4 Å². The Labute approximate surface area is 117 Å². The van der Waals surface area contributed by atoms with Gasteiger partial charge in [-0.3, -0.25) is 10.1 Å². The predicted octanol–water partition coefficient (Wildman–Crippen LogP) is 3.03. The van der Waals surface area contributed by atoms with E-state index in [-0.39, 0.29) is 11.1 Å². The minimum atomic E-state index is -0.399. The summed E-state index contributed by atoms with van der Waals surface area (Å²) in [7, 11) is 0. The average Bonchev–Trinajstić information content (AvgIpc) is 2.36. The number of rotatable bonds is 2. The second-order valence-corrected chi connectivity index (χ2v) is 5.82. The van der Waals surface area contributed by atoms with Gasteiger partial charge in [0.1, 0.15) is 5.82 Å². The number of aromatic nitrogens is 1. The van der Waals surface area contributed by atoms with Crippen molar-refractivity contribution >= 4 is 22.4 Å². The highest BCUT2D eigenvalue weighted by molar-refractivity contribution is 5.87. The molecular formula is C14H18N4O2. The van der Waals surface area contributed by atoms with Gasteiger partial charge in [-0.2, -0.15) is 0 Å². The molecule has 0 saturated carbocycles. The van der Waals surface area contributed by atoms with Crippen LogP contribution in [-0.4, -0.2) is 9.91 Å². The van der Waals surface area contributed by atoms with Gasteiger partial charge in [0.2, 0.25) is 0 Å². The maximum absolute atomic E-state index is 11.0. The second-order valence-electron chi connectivity index (χ2n) is 5.82. The van der Waals surface area contributed by atoms with Crippen molar-refractivity contribution in [2.75, 3.05) is 5.43 Å². The normalized spacial score (nSPS) is 11.7. The molecule has 1 aromatic heterocycles. The quantitative estimate of drug-likeness (QED) is 0.498. The van der Waals surface area contributed by atoms with Gasteiger partial charge >= 0.3 is 0 Å². The molecule has 1 heterocycles. The standard InChI is InChI=1S/C14H18N4O2/c1-8-11(18(19)20)6-5-9-7-10(14(2,3)4)13(17-15)16-12(8)9/h5-7H,15H2,1-4H3,(H,16,17). The molecule has 0 aliphatic carbocycles. The third-order valence-electron chi connectivity index (χ3n) is 3.35. The molecule has 6 heteroatoms. The van der Waals surface area contributed by atoms with Crippen LogP contribution in [0.4, 0.5) is 11.5 Å². The summed E-state index contributed by atoms with van der Waals surface area (Å²) < 4.78 is 0.